The smallest absolute Gasteiger partial charge is 0.318 e. The second-order valence-corrected chi connectivity index (χ2v) is 7.81. The summed E-state index contributed by atoms with van der Waals surface area (Å²) in [6, 6.07) is 16.8. The number of hydrogen-bond acceptors (Lipinski definition) is 3. The van der Waals surface area contributed by atoms with Crippen molar-refractivity contribution in [1.29, 1.82) is 0 Å². The first-order valence-corrected chi connectivity index (χ1v) is 11.1. The molecule has 1 N–H and O–H groups in total. The highest BCUT2D eigenvalue weighted by molar-refractivity contribution is 5.78. The van der Waals surface area contributed by atoms with Gasteiger partial charge in [-0.1, -0.05) is 62.7 Å². The zero-order chi connectivity index (χ0) is 22.2. The molecule has 2 aromatic carbocycles. The van der Waals surface area contributed by atoms with Gasteiger partial charge in [-0.3, -0.25) is 9.36 Å². The maximum Gasteiger partial charge on any atom is 0.318 e. The van der Waals surface area contributed by atoms with Gasteiger partial charge >= 0.3 is 6.03 Å². The second kappa shape index (κ2) is 10.8. The summed E-state index contributed by atoms with van der Waals surface area (Å²) in [5.41, 5.74) is 1.67. The fraction of sp³-hybridized carbons (Fsp3) is 0.400. The van der Waals surface area contributed by atoms with Crippen LogP contribution < -0.4 is 10.9 Å². The first-order chi connectivity index (χ1) is 15.1. The summed E-state index contributed by atoms with van der Waals surface area (Å²) in [6.45, 7) is 7.74. The predicted octanol–water partition coefficient (Wildman–Crippen LogP) is 4.88. The Labute approximate surface area is 183 Å². The molecular formula is C25H32N4O2. The van der Waals surface area contributed by atoms with Crippen molar-refractivity contribution < 1.29 is 4.79 Å². The van der Waals surface area contributed by atoms with Gasteiger partial charge in [0.15, 0.2) is 0 Å². The van der Waals surface area contributed by atoms with Crippen LogP contribution in [0.15, 0.2) is 59.4 Å². The minimum atomic E-state index is -0.328. The van der Waals surface area contributed by atoms with Crippen LogP contribution in [-0.4, -0.2) is 27.0 Å². The average Bonchev–Trinajstić information content (AvgIpc) is 2.80. The molecular weight excluding hydrogens is 388 g/mol. The Balaban J connectivity index is 1.94. The molecule has 1 heterocycles. The highest BCUT2D eigenvalue weighted by Gasteiger charge is 2.25. The maximum atomic E-state index is 13.2. The number of urea groups is 1. The standard InChI is InChI=1S/C25H32N4O2/c1-4-6-17-28(25(31)26-18-20-12-8-7-9-13-20)19(3)23-27-22-15-11-10-14-21(22)24(30)29(23)16-5-2/h7-15,19H,4-6,16-18H2,1-3H3,(H,26,31). The van der Waals surface area contributed by atoms with Crippen molar-refractivity contribution >= 4 is 16.9 Å². The normalized spacial score (nSPS) is 12.0. The monoisotopic (exact) mass is 420 g/mol. The van der Waals surface area contributed by atoms with Gasteiger partial charge in [-0.2, -0.15) is 0 Å². The fourth-order valence-electron chi connectivity index (χ4n) is 3.76. The molecule has 0 saturated heterocycles. The van der Waals surface area contributed by atoms with Crippen LogP contribution >= 0.6 is 0 Å². The summed E-state index contributed by atoms with van der Waals surface area (Å²) in [5, 5.41) is 3.65. The molecule has 0 aliphatic carbocycles. The number of amides is 2. The third kappa shape index (κ3) is 5.32. The molecule has 6 heteroatoms. The van der Waals surface area contributed by atoms with Gasteiger partial charge in [0.2, 0.25) is 0 Å². The Kier molecular flexibility index (Phi) is 7.82. The van der Waals surface area contributed by atoms with E-state index in [1.807, 2.05) is 68.4 Å². The van der Waals surface area contributed by atoms with Gasteiger partial charge in [0, 0.05) is 19.6 Å². The SMILES string of the molecule is CCCCN(C(=O)NCc1ccccc1)C(C)c1nc2ccccc2c(=O)n1CCC. The molecule has 2 amide bonds. The molecule has 0 aliphatic rings. The molecule has 1 atom stereocenters. The number of unbranched alkanes of at least 4 members (excludes halogenated alkanes) is 1. The summed E-state index contributed by atoms with van der Waals surface area (Å²) in [4.78, 5) is 32.9. The number of rotatable bonds is 9. The number of nitrogens with one attached hydrogen (secondary N) is 1. The Hall–Kier alpha value is -3.15. The molecule has 3 aromatic rings. The van der Waals surface area contributed by atoms with Gasteiger partial charge in [0.25, 0.3) is 5.56 Å². The highest BCUT2D eigenvalue weighted by atomic mass is 16.2. The number of nitrogens with zero attached hydrogens (tertiary/aromatic N) is 3. The molecule has 6 nitrogen and oxygen atoms in total. The Morgan fingerprint density at radius 3 is 2.48 bits per heavy atom. The summed E-state index contributed by atoms with van der Waals surface area (Å²) < 4.78 is 1.73. The number of aromatic nitrogens is 2. The number of fused-ring (bicyclic) bond motifs is 1. The Bertz CT molecular complexity index is 1060. The van der Waals surface area contributed by atoms with E-state index < -0.39 is 0 Å². The average molecular weight is 421 g/mol. The topological polar surface area (TPSA) is 67.2 Å². The zero-order valence-corrected chi connectivity index (χ0v) is 18.7. The maximum absolute atomic E-state index is 13.2. The predicted molar refractivity (Wildman–Crippen MR) is 125 cm³/mol. The van der Waals surface area contributed by atoms with Gasteiger partial charge < -0.3 is 10.2 Å². The van der Waals surface area contributed by atoms with E-state index >= 15 is 0 Å². The summed E-state index contributed by atoms with van der Waals surface area (Å²) in [7, 11) is 0. The van der Waals surface area contributed by atoms with E-state index in [9.17, 15) is 9.59 Å². The van der Waals surface area contributed by atoms with Crippen LogP contribution in [0.1, 0.15) is 57.5 Å². The van der Waals surface area contributed by atoms with Crippen molar-refractivity contribution in [3.8, 4) is 0 Å². The molecule has 31 heavy (non-hydrogen) atoms. The lowest BCUT2D eigenvalue weighted by Gasteiger charge is -2.30. The van der Waals surface area contributed by atoms with Gasteiger partial charge in [0.1, 0.15) is 5.82 Å². The van der Waals surface area contributed by atoms with Crippen molar-refractivity contribution in [2.75, 3.05) is 6.54 Å². The van der Waals surface area contributed by atoms with Crippen LogP contribution in [0.4, 0.5) is 4.79 Å². The molecule has 0 radical (unpaired) electrons. The van der Waals surface area contributed by atoms with E-state index in [-0.39, 0.29) is 17.6 Å². The van der Waals surface area contributed by atoms with Crippen LogP contribution in [0.5, 0.6) is 0 Å². The van der Waals surface area contributed by atoms with E-state index in [0.29, 0.717) is 36.4 Å². The minimum absolute atomic E-state index is 0.0468. The van der Waals surface area contributed by atoms with E-state index in [1.165, 1.54) is 0 Å². The zero-order valence-electron chi connectivity index (χ0n) is 18.7. The molecule has 0 spiro atoms. The molecule has 0 fully saturated rings. The van der Waals surface area contributed by atoms with Crippen LogP contribution in [-0.2, 0) is 13.1 Å². The van der Waals surface area contributed by atoms with E-state index in [1.54, 1.807) is 9.47 Å². The molecule has 164 valence electrons. The van der Waals surface area contributed by atoms with Crippen molar-refractivity contribution in [1.82, 2.24) is 19.8 Å². The van der Waals surface area contributed by atoms with Crippen LogP contribution in [0.25, 0.3) is 10.9 Å². The lowest BCUT2D eigenvalue weighted by atomic mass is 10.2. The summed E-state index contributed by atoms with van der Waals surface area (Å²) in [5.74, 6) is 0.636. The third-order valence-corrected chi connectivity index (χ3v) is 5.48. The molecule has 0 aliphatic heterocycles. The molecule has 1 aromatic heterocycles. The van der Waals surface area contributed by atoms with Crippen molar-refractivity contribution in [2.24, 2.45) is 0 Å². The number of carbonyl (C=O) groups is 1. The van der Waals surface area contributed by atoms with Gasteiger partial charge in [0.05, 0.1) is 16.9 Å². The van der Waals surface area contributed by atoms with Crippen LogP contribution in [0.2, 0.25) is 0 Å². The Morgan fingerprint density at radius 2 is 1.77 bits per heavy atom. The van der Waals surface area contributed by atoms with Crippen molar-refractivity contribution in [2.45, 2.75) is 59.2 Å². The van der Waals surface area contributed by atoms with Crippen molar-refractivity contribution in [3.05, 3.63) is 76.3 Å². The van der Waals surface area contributed by atoms with Gasteiger partial charge in [-0.15, -0.1) is 0 Å². The van der Waals surface area contributed by atoms with Gasteiger partial charge in [-0.05, 0) is 37.5 Å². The Morgan fingerprint density at radius 1 is 1.06 bits per heavy atom. The quantitative estimate of drug-likeness (QED) is 0.536. The summed E-state index contributed by atoms with van der Waals surface area (Å²) >= 11 is 0. The van der Waals surface area contributed by atoms with E-state index in [0.717, 1.165) is 24.8 Å². The van der Waals surface area contributed by atoms with Gasteiger partial charge in [-0.25, -0.2) is 9.78 Å². The largest absolute Gasteiger partial charge is 0.334 e. The molecule has 0 saturated carbocycles. The molecule has 0 bridgehead atoms. The van der Waals surface area contributed by atoms with E-state index in [4.69, 9.17) is 4.98 Å². The fourth-order valence-corrected chi connectivity index (χ4v) is 3.76. The highest BCUT2D eigenvalue weighted by Crippen LogP contribution is 2.21. The summed E-state index contributed by atoms with van der Waals surface area (Å²) in [6.07, 6.45) is 2.67. The third-order valence-electron chi connectivity index (χ3n) is 5.48. The number of para-hydroxylation sites is 1. The first-order valence-electron chi connectivity index (χ1n) is 11.1. The van der Waals surface area contributed by atoms with Crippen LogP contribution in [0.3, 0.4) is 0 Å². The van der Waals surface area contributed by atoms with Crippen LogP contribution in [0, 0.1) is 0 Å². The second-order valence-electron chi connectivity index (χ2n) is 7.81. The van der Waals surface area contributed by atoms with E-state index in [2.05, 4.69) is 12.2 Å². The number of benzene rings is 2. The lowest BCUT2D eigenvalue weighted by molar-refractivity contribution is 0.173. The minimum Gasteiger partial charge on any atom is -0.334 e. The lowest BCUT2D eigenvalue weighted by Crippen LogP contribution is -2.43. The van der Waals surface area contributed by atoms with Crippen molar-refractivity contribution in [3.63, 3.8) is 0 Å². The first kappa shape index (κ1) is 22.5. The molecule has 1 unspecified atom stereocenters. The number of carbonyl (C=O) groups excluding carboxylic acids is 1. The number of hydrogen-bond donors (Lipinski definition) is 1. The molecule has 3 rings (SSSR count).